The van der Waals surface area contributed by atoms with Crippen LogP contribution in [-0.2, 0) is 9.84 Å². The minimum absolute atomic E-state index is 0.232. The van der Waals surface area contributed by atoms with E-state index in [4.69, 9.17) is 0 Å². The third kappa shape index (κ3) is 2.35. The largest absolute Gasteiger partial charge is 0.375 e. The monoisotopic (exact) mass is 282 g/mol. The minimum Gasteiger partial charge on any atom is -0.375 e. The Balaban J connectivity index is 1.71. The van der Waals surface area contributed by atoms with Crippen LogP contribution in [0.2, 0.25) is 0 Å². The second kappa shape index (κ2) is 4.51. The smallest absolute Gasteiger partial charge is 0.150 e. The van der Waals surface area contributed by atoms with E-state index in [-0.39, 0.29) is 5.92 Å². The molecule has 1 atom stereocenters. The van der Waals surface area contributed by atoms with Crippen LogP contribution in [0.4, 0.5) is 5.00 Å². The first-order chi connectivity index (χ1) is 8.64. The number of aromatic nitrogens is 1. The zero-order valence-corrected chi connectivity index (χ0v) is 11.4. The van der Waals surface area contributed by atoms with Gasteiger partial charge >= 0.3 is 0 Å². The van der Waals surface area contributed by atoms with E-state index in [0.29, 0.717) is 18.1 Å². The van der Waals surface area contributed by atoms with Gasteiger partial charge in [0, 0.05) is 11.9 Å². The van der Waals surface area contributed by atoms with Crippen molar-refractivity contribution in [2.45, 2.75) is 6.42 Å². The standard InChI is InChI=1S/C12H14N2O2S2/c15-18(16)6-5-9(8-18)7-13-12-10-3-1-2-4-11(10)14-17-12/h1-4,9,13H,5-8H2. The van der Waals surface area contributed by atoms with E-state index in [1.165, 1.54) is 11.5 Å². The first kappa shape index (κ1) is 11.9. The summed E-state index contributed by atoms with van der Waals surface area (Å²) in [6.45, 7) is 0.714. The van der Waals surface area contributed by atoms with Gasteiger partial charge in [-0.1, -0.05) is 12.1 Å². The third-order valence-corrected chi connectivity index (χ3v) is 5.93. The predicted molar refractivity (Wildman–Crippen MR) is 74.9 cm³/mol. The lowest BCUT2D eigenvalue weighted by Gasteiger charge is -2.08. The highest BCUT2D eigenvalue weighted by Gasteiger charge is 2.27. The van der Waals surface area contributed by atoms with Gasteiger partial charge in [0.05, 0.1) is 17.0 Å². The molecule has 0 aliphatic carbocycles. The highest BCUT2D eigenvalue weighted by Crippen LogP contribution is 2.28. The Morgan fingerprint density at radius 3 is 3.00 bits per heavy atom. The molecule has 1 N–H and O–H groups in total. The molecule has 0 amide bonds. The van der Waals surface area contributed by atoms with Gasteiger partial charge in [0.15, 0.2) is 9.84 Å². The molecule has 0 spiro atoms. The van der Waals surface area contributed by atoms with Crippen molar-refractivity contribution in [1.82, 2.24) is 4.37 Å². The number of fused-ring (bicyclic) bond motifs is 1. The van der Waals surface area contributed by atoms with Gasteiger partial charge in [-0.15, -0.1) is 0 Å². The molecule has 2 heterocycles. The number of benzene rings is 1. The summed E-state index contributed by atoms with van der Waals surface area (Å²) in [6, 6.07) is 7.97. The van der Waals surface area contributed by atoms with E-state index in [0.717, 1.165) is 22.3 Å². The lowest BCUT2D eigenvalue weighted by molar-refractivity contribution is 0.596. The molecule has 1 aromatic carbocycles. The average Bonchev–Trinajstić information content (AvgIpc) is 2.90. The Morgan fingerprint density at radius 1 is 1.39 bits per heavy atom. The third-order valence-electron chi connectivity index (χ3n) is 3.26. The van der Waals surface area contributed by atoms with Crippen LogP contribution >= 0.6 is 11.5 Å². The number of hydrogen-bond acceptors (Lipinski definition) is 5. The summed E-state index contributed by atoms with van der Waals surface area (Å²) >= 11 is 1.44. The van der Waals surface area contributed by atoms with Crippen LogP contribution in [-0.4, -0.2) is 30.8 Å². The zero-order valence-electron chi connectivity index (χ0n) is 9.80. The molecule has 1 unspecified atom stereocenters. The summed E-state index contributed by atoms with van der Waals surface area (Å²) in [6.07, 6.45) is 0.770. The lowest BCUT2D eigenvalue weighted by Crippen LogP contribution is -2.15. The maximum absolute atomic E-state index is 11.4. The van der Waals surface area contributed by atoms with Crippen LogP contribution in [0, 0.1) is 5.92 Å². The van der Waals surface area contributed by atoms with Gasteiger partial charge in [0.2, 0.25) is 0 Å². The Morgan fingerprint density at radius 2 is 2.22 bits per heavy atom. The fourth-order valence-corrected chi connectivity index (χ4v) is 4.92. The quantitative estimate of drug-likeness (QED) is 0.937. The number of anilines is 1. The van der Waals surface area contributed by atoms with Crippen LogP contribution in [0.3, 0.4) is 0 Å². The van der Waals surface area contributed by atoms with E-state index in [9.17, 15) is 8.42 Å². The van der Waals surface area contributed by atoms with Crippen molar-refractivity contribution < 1.29 is 8.42 Å². The number of hydrogen-bond donors (Lipinski definition) is 1. The molecule has 1 aromatic heterocycles. The Bertz CT molecular complexity index is 664. The van der Waals surface area contributed by atoms with Crippen LogP contribution in [0.1, 0.15) is 6.42 Å². The molecule has 2 aromatic rings. The fourth-order valence-electron chi connectivity index (χ4n) is 2.29. The second-order valence-corrected chi connectivity index (χ2v) is 7.68. The SMILES string of the molecule is O=S1(=O)CCC(CNc2snc3ccccc23)C1. The van der Waals surface area contributed by atoms with Gasteiger partial charge in [-0.2, -0.15) is 4.37 Å². The van der Waals surface area contributed by atoms with Gasteiger partial charge in [-0.25, -0.2) is 8.42 Å². The summed E-state index contributed by atoms with van der Waals surface area (Å²) in [5.74, 6) is 0.885. The van der Waals surface area contributed by atoms with Crippen molar-refractivity contribution in [1.29, 1.82) is 0 Å². The van der Waals surface area contributed by atoms with Crippen LogP contribution in [0.15, 0.2) is 24.3 Å². The maximum atomic E-state index is 11.4. The van der Waals surface area contributed by atoms with Crippen LogP contribution in [0.5, 0.6) is 0 Å². The normalized spacial score (nSPS) is 22.3. The van der Waals surface area contributed by atoms with Crippen molar-refractivity contribution in [3.05, 3.63) is 24.3 Å². The number of nitrogens with one attached hydrogen (secondary N) is 1. The Kier molecular flexibility index (Phi) is 2.99. The van der Waals surface area contributed by atoms with Crippen molar-refractivity contribution in [2.24, 2.45) is 5.92 Å². The minimum atomic E-state index is -2.78. The molecule has 3 rings (SSSR count). The molecule has 1 fully saturated rings. The zero-order chi connectivity index (χ0) is 12.6. The molecule has 1 saturated heterocycles. The molecule has 6 heteroatoms. The molecule has 0 saturated carbocycles. The topological polar surface area (TPSA) is 59.1 Å². The Hall–Kier alpha value is -1.14. The van der Waals surface area contributed by atoms with Gasteiger partial charge in [0.1, 0.15) is 5.00 Å². The van der Waals surface area contributed by atoms with Crippen LogP contribution in [0.25, 0.3) is 10.9 Å². The van der Waals surface area contributed by atoms with Crippen molar-refractivity contribution in [3.8, 4) is 0 Å². The van der Waals surface area contributed by atoms with E-state index in [1.54, 1.807) is 0 Å². The van der Waals surface area contributed by atoms with E-state index in [2.05, 4.69) is 9.69 Å². The molecule has 1 aliphatic rings. The Labute approximate surface area is 110 Å². The molecular formula is C12H14N2O2S2. The summed E-state index contributed by atoms with van der Waals surface area (Å²) in [7, 11) is -2.78. The molecule has 1 aliphatic heterocycles. The molecule has 0 radical (unpaired) electrons. The van der Waals surface area contributed by atoms with Gasteiger partial charge in [-0.3, -0.25) is 0 Å². The van der Waals surface area contributed by atoms with Gasteiger partial charge < -0.3 is 5.32 Å². The van der Waals surface area contributed by atoms with Gasteiger partial charge in [-0.05, 0) is 36.0 Å². The first-order valence-corrected chi connectivity index (χ1v) is 8.52. The number of nitrogens with zero attached hydrogens (tertiary/aromatic N) is 1. The van der Waals surface area contributed by atoms with Crippen molar-refractivity contribution in [2.75, 3.05) is 23.4 Å². The lowest BCUT2D eigenvalue weighted by atomic mass is 10.1. The summed E-state index contributed by atoms with van der Waals surface area (Å²) < 4.78 is 27.1. The highest BCUT2D eigenvalue weighted by molar-refractivity contribution is 7.91. The summed E-state index contributed by atoms with van der Waals surface area (Å²) in [5, 5.41) is 5.49. The van der Waals surface area contributed by atoms with E-state index < -0.39 is 9.84 Å². The molecular weight excluding hydrogens is 268 g/mol. The number of sulfone groups is 1. The second-order valence-electron chi connectivity index (χ2n) is 4.68. The van der Waals surface area contributed by atoms with Crippen molar-refractivity contribution >= 4 is 37.3 Å². The predicted octanol–water partition coefficient (Wildman–Crippen LogP) is 2.14. The van der Waals surface area contributed by atoms with Gasteiger partial charge in [0.25, 0.3) is 0 Å². The molecule has 18 heavy (non-hydrogen) atoms. The van der Waals surface area contributed by atoms with E-state index >= 15 is 0 Å². The van der Waals surface area contributed by atoms with Crippen molar-refractivity contribution in [3.63, 3.8) is 0 Å². The maximum Gasteiger partial charge on any atom is 0.150 e. The summed E-state index contributed by atoms with van der Waals surface area (Å²) in [5.41, 5.74) is 0.990. The molecule has 4 nitrogen and oxygen atoms in total. The molecule has 96 valence electrons. The molecule has 0 bridgehead atoms. The fraction of sp³-hybridized carbons (Fsp3) is 0.417. The first-order valence-electron chi connectivity index (χ1n) is 5.93. The average molecular weight is 282 g/mol. The highest BCUT2D eigenvalue weighted by atomic mass is 32.2. The van der Waals surface area contributed by atoms with E-state index in [1.807, 2.05) is 24.3 Å². The number of rotatable bonds is 3. The summed E-state index contributed by atoms with van der Waals surface area (Å²) in [4.78, 5) is 0. The van der Waals surface area contributed by atoms with Crippen LogP contribution < -0.4 is 5.32 Å².